The number of amides is 4. The normalized spacial score (nSPS) is 17.6. The van der Waals surface area contributed by atoms with Crippen LogP contribution in [0.15, 0.2) is 71.8 Å². The number of fused-ring (bicyclic) bond motifs is 1. The highest BCUT2D eigenvalue weighted by molar-refractivity contribution is 6.05. The SMILES string of the molecule is CCc1cc2ncc(CN3CC=C(c4ccc(C(=O)NC5CCN(c6cccc(N7CCC(=O)NC7=O)c6)CC5)nc4)CC3)cc2[nH]c1=O. The molecule has 0 saturated carbocycles. The Labute approximate surface area is 284 Å². The summed E-state index contributed by atoms with van der Waals surface area (Å²) < 4.78 is 0. The third-order valence-electron chi connectivity index (χ3n) is 9.66. The molecule has 4 aromatic rings. The lowest BCUT2D eigenvalue weighted by Crippen LogP contribution is -2.49. The van der Waals surface area contributed by atoms with Gasteiger partial charge in [0.15, 0.2) is 0 Å². The minimum absolute atomic E-state index is 0.0474. The second-order valence-corrected chi connectivity index (χ2v) is 12.9. The number of aryl methyl sites for hydroxylation is 1. The fourth-order valence-corrected chi connectivity index (χ4v) is 6.82. The van der Waals surface area contributed by atoms with Crippen molar-refractivity contribution < 1.29 is 14.4 Å². The number of nitrogens with zero attached hydrogens (tertiary/aromatic N) is 5. The van der Waals surface area contributed by atoms with Gasteiger partial charge in [0.05, 0.1) is 11.0 Å². The first kappa shape index (κ1) is 32.2. The van der Waals surface area contributed by atoms with Crippen molar-refractivity contribution >= 4 is 45.8 Å². The van der Waals surface area contributed by atoms with Crippen LogP contribution in [-0.4, -0.2) is 76.5 Å². The Morgan fingerprint density at radius 3 is 2.51 bits per heavy atom. The van der Waals surface area contributed by atoms with Crippen LogP contribution in [-0.2, 0) is 17.8 Å². The molecule has 1 aromatic carbocycles. The average molecular weight is 661 g/mol. The summed E-state index contributed by atoms with van der Waals surface area (Å²) in [4.78, 5) is 67.4. The smallest absolute Gasteiger partial charge is 0.328 e. The Hall–Kier alpha value is -5.36. The maximum Gasteiger partial charge on any atom is 0.328 e. The first-order chi connectivity index (χ1) is 23.8. The predicted molar refractivity (Wildman–Crippen MR) is 188 cm³/mol. The largest absolute Gasteiger partial charge is 0.371 e. The summed E-state index contributed by atoms with van der Waals surface area (Å²) in [5.74, 6) is -0.418. The number of urea groups is 1. The number of aromatic nitrogens is 3. The Morgan fingerprint density at radius 2 is 1.78 bits per heavy atom. The summed E-state index contributed by atoms with van der Waals surface area (Å²) in [6.07, 6.45) is 9.32. The van der Waals surface area contributed by atoms with E-state index in [1.807, 2.05) is 55.6 Å². The van der Waals surface area contributed by atoms with Crippen molar-refractivity contribution in [3.63, 3.8) is 0 Å². The molecule has 2 fully saturated rings. The zero-order chi connectivity index (χ0) is 33.9. The molecule has 49 heavy (non-hydrogen) atoms. The number of benzene rings is 1. The quantitative estimate of drug-likeness (QED) is 0.257. The minimum atomic E-state index is -0.393. The molecular weight excluding hydrogens is 620 g/mol. The number of pyridine rings is 3. The molecule has 7 rings (SSSR count). The summed E-state index contributed by atoms with van der Waals surface area (Å²) in [6.45, 7) is 6.29. The molecule has 252 valence electrons. The highest BCUT2D eigenvalue weighted by Crippen LogP contribution is 2.27. The molecule has 3 N–H and O–H groups in total. The average Bonchev–Trinajstić information content (AvgIpc) is 3.12. The van der Waals surface area contributed by atoms with Crippen LogP contribution >= 0.6 is 0 Å². The minimum Gasteiger partial charge on any atom is -0.371 e. The third kappa shape index (κ3) is 7.24. The molecule has 0 spiro atoms. The number of H-pyrrole nitrogens is 1. The topological polar surface area (TPSA) is 144 Å². The van der Waals surface area contributed by atoms with E-state index in [1.165, 1.54) is 5.57 Å². The number of anilines is 2. The van der Waals surface area contributed by atoms with Crippen molar-refractivity contribution in [2.45, 2.75) is 51.6 Å². The second kappa shape index (κ2) is 14.0. The number of piperidine rings is 1. The van der Waals surface area contributed by atoms with Crippen LogP contribution in [0, 0.1) is 0 Å². The van der Waals surface area contributed by atoms with Crippen molar-refractivity contribution in [3.05, 3.63) is 99.7 Å². The summed E-state index contributed by atoms with van der Waals surface area (Å²) in [7, 11) is 0. The van der Waals surface area contributed by atoms with Gasteiger partial charge in [-0.3, -0.25) is 39.5 Å². The molecule has 3 aliphatic heterocycles. The van der Waals surface area contributed by atoms with Gasteiger partial charge in [-0.2, -0.15) is 0 Å². The second-order valence-electron chi connectivity index (χ2n) is 12.9. The lowest BCUT2D eigenvalue weighted by molar-refractivity contribution is -0.120. The van der Waals surface area contributed by atoms with Gasteiger partial charge in [-0.05, 0) is 78.8 Å². The lowest BCUT2D eigenvalue weighted by Gasteiger charge is -2.34. The summed E-state index contributed by atoms with van der Waals surface area (Å²) in [5.41, 5.74) is 7.75. The number of hydrogen-bond donors (Lipinski definition) is 3. The molecule has 3 aromatic heterocycles. The van der Waals surface area contributed by atoms with Crippen LogP contribution in [0.2, 0.25) is 0 Å². The van der Waals surface area contributed by atoms with Crippen molar-refractivity contribution in [3.8, 4) is 0 Å². The van der Waals surface area contributed by atoms with E-state index in [0.717, 1.165) is 91.1 Å². The molecular formula is C37H40N8O4. The zero-order valence-corrected chi connectivity index (χ0v) is 27.6. The van der Waals surface area contributed by atoms with Crippen LogP contribution in [0.25, 0.3) is 16.6 Å². The fraction of sp³-hybridized carbons (Fsp3) is 0.351. The van der Waals surface area contributed by atoms with Gasteiger partial charge in [0.2, 0.25) is 5.91 Å². The number of nitrogens with one attached hydrogen (secondary N) is 3. The van der Waals surface area contributed by atoms with Crippen LogP contribution in [0.5, 0.6) is 0 Å². The number of aromatic amines is 1. The molecule has 4 amide bonds. The first-order valence-electron chi connectivity index (χ1n) is 17.0. The number of imide groups is 1. The molecule has 12 heteroatoms. The van der Waals surface area contributed by atoms with Gasteiger partial charge in [-0.25, -0.2) is 4.79 Å². The Kier molecular flexibility index (Phi) is 9.21. The number of hydrogen-bond acceptors (Lipinski definition) is 8. The molecule has 0 aliphatic carbocycles. The van der Waals surface area contributed by atoms with Gasteiger partial charge in [-0.15, -0.1) is 0 Å². The highest BCUT2D eigenvalue weighted by Gasteiger charge is 2.26. The van der Waals surface area contributed by atoms with Crippen molar-refractivity contribution in [1.82, 2.24) is 30.5 Å². The van der Waals surface area contributed by atoms with Gasteiger partial charge >= 0.3 is 6.03 Å². The highest BCUT2D eigenvalue weighted by atomic mass is 16.2. The maximum atomic E-state index is 13.1. The Balaban J connectivity index is 0.895. The maximum absolute atomic E-state index is 13.1. The first-order valence-corrected chi connectivity index (χ1v) is 17.0. The van der Waals surface area contributed by atoms with Gasteiger partial charge in [0.1, 0.15) is 5.69 Å². The fourth-order valence-electron chi connectivity index (χ4n) is 6.82. The van der Waals surface area contributed by atoms with Gasteiger partial charge in [-0.1, -0.05) is 25.1 Å². The van der Waals surface area contributed by atoms with Gasteiger partial charge in [0, 0.05) is 81.1 Å². The molecule has 0 bridgehead atoms. The van der Waals surface area contributed by atoms with Gasteiger partial charge in [0.25, 0.3) is 11.5 Å². The zero-order valence-electron chi connectivity index (χ0n) is 27.6. The van der Waals surface area contributed by atoms with E-state index in [4.69, 9.17) is 0 Å². The van der Waals surface area contributed by atoms with E-state index < -0.39 is 6.03 Å². The summed E-state index contributed by atoms with van der Waals surface area (Å²) in [6, 6.07) is 15.1. The van der Waals surface area contributed by atoms with E-state index in [2.05, 4.69) is 41.5 Å². The van der Waals surface area contributed by atoms with E-state index in [0.29, 0.717) is 18.7 Å². The molecule has 3 aliphatic rings. The molecule has 2 saturated heterocycles. The van der Waals surface area contributed by atoms with Crippen molar-refractivity contribution in [2.75, 3.05) is 42.5 Å². The van der Waals surface area contributed by atoms with E-state index in [-0.39, 0.29) is 29.8 Å². The van der Waals surface area contributed by atoms with Gasteiger partial charge < -0.3 is 15.2 Å². The summed E-state index contributed by atoms with van der Waals surface area (Å²) >= 11 is 0. The Bertz CT molecular complexity index is 1980. The van der Waals surface area contributed by atoms with E-state index in [1.54, 1.807) is 17.2 Å². The van der Waals surface area contributed by atoms with E-state index >= 15 is 0 Å². The summed E-state index contributed by atoms with van der Waals surface area (Å²) in [5, 5.41) is 5.54. The number of carbonyl (C=O) groups excluding carboxylic acids is 3. The molecule has 0 unspecified atom stereocenters. The van der Waals surface area contributed by atoms with Crippen LogP contribution in [0.3, 0.4) is 0 Å². The molecule has 6 heterocycles. The molecule has 0 atom stereocenters. The molecule has 0 radical (unpaired) electrons. The van der Waals surface area contributed by atoms with Crippen molar-refractivity contribution in [1.29, 1.82) is 0 Å². The standard InChI is InChI=1S/C37H40N8O4/c1-2-25-19-32-33(41-35(25)47)18-24(21-38-32)23-43-13-8-26(9-14-43)27-6-7-31(39-22-27)36(48)40-28-10-15-44(16-11-28)29-4-3-5-30(20-29)45-17-12-34(46)42-37(45)49/h3-8,18-22,28H,2,9-17,23H2,1H3,(H,40,48)(H,41,47)(H,42,46,49). The van der Waals surface area contributed by atoms with Crippen LogP contribution in [0.1, 0.15) is 59.8 Å². The number of carbonyl (C=O) groups is 3. The predicted octanol–water partition coefficient (Wildman–Crippen LogP) is 4.01. The van der Waals surface area contributed by atoms with Crippen LogP contribution < -0.4 is 26.0 Å². The lowest BCUT2D eigenvalue weighted by atomic mass is 10.0. The van der Waals surface area contributed by atoms with E-state index in [9.17, 15) is 19.2 Å². The number of rotatable bonds is 8. The van der Waals surface area contributed by atoms with Crippen LogP contribution in [0.4, 0.5) is 16.2 Å². The third-order valence-corrected chi connectivity index (χ3v) is 9.66. The monoisotopic (exact) mass is 660 g/mol. The molecule has 12 nitrogen and oxygen atoms in total. The van der Waals surface area contributed by atoms with Crippen molar-refractivity contribution in [2.24, 2.45) is 0 Å². The Morgan fingerprint density at radius 1 is 0.939 bits per heavy atom.